The summed E-state index contributed by atoms with van der Waals surface area (Å²) in [5.41, 5.74) is 1.43. The van der Waals surface area contributed by atoms with Crippen LogP contribution in [0.1, 0.15) is 45.5 Å². The second-order valence-electron chi connectivity index (χ2n) is 4.79. The van der Waals surface area contributed by atoms with Crippen LogP contribution in [-0.4, -0.2) is 16.9 Å². The molecule has 0 amide bonds. The van der Waals surface area contributed by atoms with Crippen molar-refractivity contribution in [3.8, 4) is 0 Å². The highest BCUT2D eigenvalue weighted by Gasteiger charge is 2.18. The first-order valence-corrected chi connectivity index (χ1v) is 6.50. The van der Waals surface area contributed by atoms with E-state index in [0.717, 1.165) is 5.56 Å². The lowest BCUT2D eigenvalue weighted by Gasteiger charge is -2.12. The lowest BCUT2D eigenvalue weighted by molar-refractivity contribution is 0.0691. The fourth-order valence-electron chi connectivity index (χ4n) is 2.20. The maximum absolute atomic E-state index is 12.3. The summed E-state index contributed by atoms with van der Waals surface area (Å²) in [4.78, 5) is 23.4. The zero-order valence-corrected chi connectivity index (χ0v) is 11.2. The molecule has 0 aliphatic heterocycles. The first-order chi connectivity index (χ1) is 9.59. The third kappa shape index (κ3) is 3.12. The monoisotopic (exact) mass is 268 g/mol. The summed E-state index contributed by atoms with van der Waals surface area (Å²) in [6, 6.07) is 16.1. The van der Waals surface area contributed by atoms with Gasteiger partial charge in [0.1, 0.15) is 0 Å². The normalized spacial score (nSPS) is 11.8. The Labute approximate surface area is 117 Å². The van der Waals surface area contributed by atoms with Gasteiger partial charge in [-0.05, 0) is 17.5 Å². The number of carboxylic acid groups (broad SMARTS) is 1. The van der Waals surface area contributed by atoms with Crippen molar-refractivity contribution in [1.82, 2.24) is 0 Å². The molecule has 2 rings (SSSR count). The average Bonchev–Trinajstić information content (AvgIpc) is 2.48. The van der Waals surface area contributed by atoms with Crippen molar-refractivity contribution >= 4 is 11.8 Å². The van der Waals surface area contributed by atoms with Gasteiger partial charge >= 0.3 is 5.97 Å². The van der Waals surface area contributed by atoms with Gasteiger partial charge in [-0.15, -0.1) is 0 Å². The van der Waals surface area contributed by atoms with Crippen LogP contribution in [0.3, 0.4) is 0 Å². The summed E-state index contributed by atoms with van der Waals surface area (Å²) in [6.07, 6.45) is 0.300. The summed E-state index contributed by atoms with van der Waals surface area (Å²) in [5, 5.41) is 9.11. The van der Waals surface area contributed by atoms with Gasteiger partial charge in [-0.25, -0.2) is 4.79 Å². The fraction of sp³-hybridized carbons (Fsp3) is 0.176. The molecular weight excluding hydrogens is 252 g/mol. The summed E-state index contributed by atoms with van der Waals surface area (Å²) in [7, 11) is 0. The number of aromatic carboxylic acids is 1. The Hall–Kier alpha value is -2.42. The third-order valence-corrected chi connectivity index (χ3v) is 3.32. The van der Waals surface area contributed by atoms with Gasteiger partial charge in [0.05, 0.1) is 5.56 Å². The number of benzene rings is 2. The van der Waals surface area contributed by atoms with Crippen molar-refractivity contribution in [2.45, 2.75) is 19.3 Å². The van der Waals surface area contributed by atoms with Gasteiger partial charge in [0.25, 0.3) is 0 Å². The lowest BCUT2D eigenvalue weighted by Crippen LogP contribution is -2.11. The molecule has 0 saturated carbocycles. The zero-order chi connectivity index (χ0) is 14.5. The summed E-state index contributed by atoms with van der Waals surface area (Å²) in [5.74, 6) is -1.15. The van der Waals surface area contributed by atoms with E-state index in [1.54, 1.807) is 18.2 Å². The molecule has 3 nitrogen and oxygen atoms in total. The average molecular weight is 268 g/mol. The standard InChI is InChI=1S/C17H16O3/c1-12(13-7-3-2-4-8-13)11-16(18)14-9-5-6-10-15(14)17(19)20/h2-10,12H,11H2,1H3,(H,19,20)/t12-/m0/s1. The summed E-state index contributed by atoms with van der Waals surface area (Å²) < 4.78 is 0. The molecule has 0 unspecified atom stereocenters. The number of hydrogen-bond donors (Lipinski definition) is 1. The molecule has 0 heterocycles. The Morgan fingerprint density at radius 2 is 1.50 bits per heavy atom. The van der Waals surface area contributed by atoms with Crippen LogP contribution in [0.5, 0.6) is 0 Å². The Balaban J connectivity index is 2.19. The Kier molecular flexibility index (Phi) is 4.31. The SMILES string of the molecule is C[C@@H](CC(=O)c1ccccc1C(=O)O)c1ccccc1. The quantitative estimate of drug-likeness (QED) is 0.840. The van der Waals surface area contributed by atoms with E-state index in [-0.39, 0.29) is 22.8 Å². The van der Waals surface area contributed by atoms with Gasteiger partial charge in [-0.3, -0.25) is 4.79 Å². The molecule has 3 heteroatoms. The minimum absolute atomic E-state index is 0.0607. The van der Waals surface area contributed by atoms with Crippen molar-refractivity contribution in [2.75, 3.05) is 0 Å². The van der Waals surface area contributed by atoms with Crippen LogP contribution in [0, 0.1) is 0 Å². The Morgan fingerprint density at radius 3 is 2.10 bits per heavy atom. The number of carbonyl (C=O) groups is 2. The maximum atomic E-state index is 12.3. The molecule has 20 heavy (non-hydrogen) atoms. The topological polar surface area (TPSA) is 54.4 Å². The first kappa shape index (κ1) is 14.0. The van der Waals surface area contributed by atoms with E-state index in [1.807, 2.05) is 37.3 Å². The molecule has 0 fully saturated rings. The lowest BCUT2D eigenvalue weighted by atomic mass is 9.91. The highest BCUT2D eigenvalue weighted by Crippen LogP contribution is 2.22. The Morgan fingerprint density at radius 1 is 0.950 bits per heavy atom. The fourth-order valence-corrected chi connectivity index (χ4v) is 2.20. The van der Waals surface area contributed by atoms with E-state index in [4.69, 9.17) is 5.11 Å². The first-order valence-electron chi connectivity index (χ1n) is 6.50. The largest absolute Gasteiger partial charge is 0.478 e. The molecule has 0 aliphatic carbocycles. The number of hydrogen-bond acceptors (Lipinski definition) is 2. The molecule has 1 atom stereocenters. The van der Waals surface area contributed by atoms with Gasteiger partial charge in [0.2, 0.25) is 0 Å². The molecule has 2 aromatic carbocycles. The molecule has 0 radical (unpaired) electrons. The van der Waals surface area contributed by atoms with Gasteiger partial charge < -0.3 is 5.11 Å². The third-order valence-electron chi connectivity index (χ3n) is 3.32. The summed E-state index contributed by atoms with van der Waals surface area (Å²) in [6.45, 7) is 1.97. The van der Waals surface area contributed by atoms with Crippen LogP contribution in [0.2, 0.25) is 0 Å². The van der Waals surface area contributed by atoms with Crippen LogP contribution in [-0.2, 0) is 0 Å². The van der Waals surface area contributed by atoms with E-state index in [9.17, 15) is 9.59 Å². The van der Waals surface area contributed by atoms with Gasteiger partial charge in [-0.1, -0.05) is 55.5 Å². The van der Waals surface area contributed by atoms with Crippen LogP contribution in [0.4, 0.5) is 0 Å². The number of Topliss-reactive ketones (excluding diaryl/α,β-unsaturated/α-hetero) is 1. The van der Waals surface area contributed by atoms with E-state index in [0.29, 0.717) is 6.42 Å². The molecule has 0 bridgehead atoms. The Bertz CT molecular complexity index is 617. The summed E-state index contributed by atoms with van der Waals surface area (Å²) >= 11 is 0. The van der Waals surface area contributed by atoms with Crippen LogP contribution in [0.25, 0.3) is 0 Å². The minimum Gasteiger partial charge on any atom is -0.478 e. The van der Waals surface area contributed by atoms with E-state index in [2.05, 4.69) is 0 Å². The highest BCUT2D eigenvalue weighted by molar-refractivity contribution is 6.06. The van der Waals surface area contributed by atoms with E-state index in [1.165, 1.54) is 6.07 Å². The van der Waals surface area contributed by atoms with Crippen molar-refractivity contribution in [2.24, 2.45) is 0 Å². The highest BCUT2D eigenvalue weighted by atomic mass is 16.4. The molecule has 0 aromatic heterocycles. The smallest absolute Gasteiger partial charge is 0.336 e. The predicted molar refractivity (Wildman–Crippen MR) is 77.2 cm³/mol. The van der Waals surface area contributed by atoms with Gasteiger partial charge in [0.15, 0.2) is 5.78 Å². The molecule has 0 saturated heterocycles. The predicted octanol–water partition coefficient (Wildman–Crippen LogP) is 3.76. The second-order valence-corrected chi connectivity index (χ2v) is 4.79. The maximum Gasteiger partial charge on any atom is 0.336 e. The van der Waals surface area contributed by atoms with E-state index < -0.39 is 5.97 Å². The molecular formula is C17H16O3. The van der Waals surface area contributed by atoms with Crippen LogP contribution in [0.15, 0.2) is 54.6 Å². The van der Waals surface area contributed by atoms with Crippen molar-refractivity contribution in [3.05, 3.63) is 71.3 Å². The minimum atomic E-state index is -1.07. The van der Waals surface area contributed by atoms with Crippen LogP contribution < -0.4 is 0 Å². The molecule has 0 aliphatic rings. The second kappa shape index (κ2) is 6.15. The number of carbonyl (C=O) groups excluding carboxylic acids is 1. The number of ketones is 1. The molecule has 0 spiro atoms. The van der Waals surface area contributed by atoms with Crippen molar-refractivity contribution < 1.29 is 14.7 Å². The number of rotatable bonds is 5. The van der Waals surface area contributed by atoms with E-state index >= 15 is 0 Å². The molecule has 102 valence electrons. The zero-order valence-electron chi connectivity index (χ0n) is 11.2. The molecule has 2 aromatic rings. The molecule has 1 N–H and O–H groups in total. The van der Waals surface area contributed by atoms with Gasteiger partial charge in [-0.2, -0.15) is 0 Å². The van der Waals surface area contributed by atoms with Crippen molar-refractivity contribution in [3.63, 3.8) is 0 Å². The van der Waals surface area contributed by atoms with Crippen molar-refractivity contribution in [1.29, 1.82) is 0 Å². The van der Waals surface area contributed by atoms with Crippen LogP contribution >= 0.6 is 0 Å². The number of carboxylic acids is 1. The van der Waals surface area contributed by atoms with Gasteiger partial charge in [0, 0.05) is 12.0 Å².